The standard InChI is InChI=1S/C23H24N2O4/c1-16-21(17-9-5-3-6-10-17)29-20(25-16)14-13-19(26)24-15-23(2,22(27)28)18-11-7-4-8-12-18/h3-12H,13-15H2,1-2H3,(H,24,26)(H,27,28). The van der Waals surface area contributed by atoms with Crippen molar-refractivity contribution >= 4 is 11.9 Å². The molecule has 1 atom stereocenters. The van der Waals surface area contributed by atoms with E-state index in [1.165, 1.54) is 0 Å². The van der Waals surface area contributed by atoms with Gasteiger partial charge in [-0.15, -0.1) is 0 Å². The molecule has 29 heavy (non-hydrogen) atoms. The first-order valence-corrected chi connectivity index (χ1v) is 9.47. The Morgan fingerprint density at radius 3 is 2.31 bits per heavy atom. The third-order valence-electron chi connectivity index (χ3n) is 4.96. The molecule has 0 aliphatic carbocycles. The van der Waals surface area contributed by atoms with E-state index in [9.17, 15) is 14.7 Å². The van der Waals surface area contributed by atoms with Gasteiger partial charge in [0, 0.05) is 24.9 Å². The molecule has 1 aromatic heterocycles. The molecule has 0 fully saturated rings. The largest absolute Gasteiger partial charge is 0.481 e. The van der Waals surface area contributed by atoms with Crippen LogP contribution in [0.15, 0.2) is 65.1 Å². The molecule has 150 valence electrons. The first kappa shape index (κ1) is 20.3. The van der Waals surface area contributed by atoms with Crippen LogP contribution in [0, 0.1) is 6.92 Å². The van der Waals surface area contributed by atoms with E-state index in [1.807, 2.05) is 43.3 Å². The van der Waals surface area contributed by atoms with E-state index in [-0.39, 0.29) is 18.9 Å². The maximum atomic E-state index is 12.3. The van der Waals surface area contributed by atoms with Gasteiger partial charge in [0.25, 0.3) is 0 Å². The maximum Gasteiger partial charge on any atom is 0.315 e. The number of amides is 1. The maximum absolute atomic E-state index is 12.3. The Hall–Kier alpha value is -3.41. The van der Waals surface area contributed by atoms with Crippen LogP contribution in [0.4, 0.5) is 0 Å². The second-order valence-corrected chi connectivity index (χ2v) is 7.17. The number of oxazole rings is 1. The number of hydrogen-bond acceptors (Lipinski definition) is 4. The normalized spacial score (nSPS) is 12.9. The van der Waals surface area contributed by atoms with Crippen LogP contribution in [0.25, 0.3) is 11.3 Å². The molecule has 1 amide bonds. The summed E-state index contributed by atoms with van der Waals surface area (Å²) in [7, 11) is 0. The van der Waals surface area contributed by atoms with Gasteiger partial charge in [-0.05, 0) is 19.4 Å². The molecule has 0 radical (unpaired) electrons. The summed E-state index contributed by atoms with van der Waals surface area (Å²) in [6.45, 7) is 3.48. The Kier molecular flexibility index (Phi) is 6.12. The van der Waals surface area contributed by atoms with Crippen molar-refractivity contribution in [2.75, 3.05) is 6.54 Å². The van der Waals surface area contributed by atoms with Crippen LogP contribution in [0.1, 0.15) is 30.5 Å². The smallest absolute Gasteiger partial charge is 0.315 e. The summed E-state index contributed by atoms with van der Waals surface area (Å²) in [5, 5.41) is 12.4. The summed E-state index contributed by atoms with van der Waals surface area (Å²) in [6, 6.07) is 18.6. The Bertz CT molecular complexity index is 983. The SMILES string of the molecule is Cc1nc(CCC(=O)NCC(C)(C(=O)O)c2ccccc2)oc1-c1ccccc1. The van der Waals surface area contributed by atoms with Crippen molar-refractivity contribution in [1.82, 2.24) is 10.3 Å². The molecule has 6 nitrogen and oxygen atoms in total. The highest BCUT2D eigenvalue weighted by Gasteiger charge is 2.35. The highest BCUT2D eigenvalue weighted by Crippen LogP contribution is 2.25. The van der Waals surface area contributed by atoms with E-state index in [0.29, 0.717) is 23.6 Å². The lowest BCUT2D eigenvalue weighted by molar-refractivity contribution is -0.143. The van der Waals surface area contributed by atoms with Crippen molar-refractivity contribution in [3.8, 4) is 11.3 Å². The van der Waals surface area contributed by atoms with Crippen LogP contribution >= 0.6 is 0 Å². The number of nitrogens with zero attached hydrogens (tertiary/aromatic N) is 1. The number of carbonyl (C=O) groups excluding carboxylic acids is 1. The number of carbonyl (C=O) groups is 2. The second kappa shape index (κ2) is 8.73. The average Bonchev–Trinajstić information content (AvgIpc) is 3.12. The molecule has 3 aromatic rings. The Labute approximate surface area is 169 Å². The van der Waals surface area contributed by atoms with Crippen molar-refractivity contribution in [1.29, 1.82) is 0 Å². The third kappa shape index (κ3) is 4.71. The highest BCUT2D eigenvalue weighted by atomic mass is 16.4. The van der Waals surface area contributed by atoms with Crippen molar-refractivity contribution in [3.63, 3.8) is 0 Å². The average molecular weight is 392 g/mol. The number of carboxylic acid groups (broad SMARTS) is 1. The second-order valence-electron chi connectivity index (χ2n) is 7.17. The van der Waals surface area contributed by atoms with Gasteiger partial charge in [0.15, 0.2) is 11.7 Å². The zero-order chi connectivity index (χ0) is 20.9. The van der Waals surface area contributed by atoms with Gasteiger partial charge < -0.3 is 14.8 Å². The minimum absolute atomic E-state index is 0.00502. The molecular formula is C23H24N2O4. The lowest BCUT2D eigenvalue weighted by Crippen LogP contribution is -2.44. The molecule has 0 saturated carbocycles. The molecule has 1 unspecified atom stereocenters. The quantitative estimate of drug-likeness (QED) is 0.609. The lowest BCUT2D eigenvalue weighted by atomic mass is 9.82. The zero-order valence-electron chi connectivity index (χ0n) is 16.5. The number of benzene rings is 2. The van der Waals surface area contributed by atoms with E-state index in [0.717, 1.165) is 11.3 Å². The monoisotopic (exact) mass is 392 g/mol. The van der Waals surface area contributed by atoms with Gasteiger partial charge in [-0.3, -0.25) is 9.59 Å². The summed E-state index contributed by atoms with van der Waals surface area (Å²) in [4.78, 5) is 28.5. The molecule has 6 heteroatoms. The van der Waals surface area contributed by atoms with Crippen molar-refractivity contribution in [2.24, 2.45) is 0 Å². The number of nitrogens with one attached hydrogen (secondary N) is 1. The summed E-state index contributed by atoms with van der Waals surface area (Å²) in [6.07, 6.45) is 0.507. The number of aliphatic carboxylic acids is 1. The topological polar surface area (TPSA) is 92.4 Å². The van der Waals surface area contributed by atoms with Gasteiger partial charge in [0.2, 0.25) is 5.91 Å². The van der Waals surface area contributed by atoms with E-state index in [4.69, 9.17) is 4.42 Å². The van der Waals surface area contributed by atoms with Crippen LogP contribution in [0.3, 0.4) is 0 Å². The van der Waals surface area contributed by atoms with Gasteiger partial charge in [-0.1, -0.05) is 60.7 Å². The fourth-order valence-electron chi connectivity index (χ4n) is 3.11. The van der Waals surface area contributed by atoms with Gasteiger partial charge in [-0.25, -0.2) is 4.98 Å². The van der Waals surface area contributed by atoms with Crippen LogP contribution in [-0.4, -0.2) is 28.5 Å². The number of rotatable bonds is 8. The molecule has 0 bridgehead atoms. The molecule has 1 heterocycles. The van der Waals surface area contributed by atoms with Crippen molar-refractivity contribution in [3.05, 3.63) is 77.8 Å². The lowest BCUT2D eigenvalue weighted by Gasteiger charge is -2.25. The number of carboxylic acids is 1. The van der Waals surface area contributed by atoms with Gasteiger partial charge in [0.1, 0.15) is 5.41 Å². The summed E-state index contributed by atoms with van der Waals surface area (Å²) >= 11 is 0. The molecule has 0 saturated heterocycles. The summed E-state index contributed by atoms with van der Waals surface area (Å²) in [5.41, 5.74) is 1.16. The highest BCUT2D eigenvalue weighted by molar-refractivity contribution is 5.83. The number of aromatic nitrogens is 1. The van der Waals surface area contributed by atoms with Crippen LogP contribution in [-0.2, 0) is 21.4 Å². The van der Waals surface area contributed by atoms with Crippen LogP contribution in [0.5, 0.6) is 0 Å². The van der Waals surface area contributed by atoms with Crippen LogP contribution < -0.4 is 5.32 Å². The molecule has 2 N–H and O–H groups in total. The minimum Gasteiger partial charge on any atom is -0.481 e. The van der Waals surface area contributed by atoms with E-state index in [1.54, 1.807) is 31.2 Å². The number of aryl methyl sites for hydroxylation is 2. The molecule has 0 aliphatic heterocycles. The van der Waals surface area contributed by atoms with Crippen molar-refractivity contribution < 1.29 is 19.1 Å². The fraction of sp³-hybridized carbons (Fsp3) is 0.261. The molecule has 0 aliphatic rings. The molecule has 2 aromatic carbocycles. The van der Waals surface area contributed by atoms with Gasteiger partial charge >= 0.3 is 5.97 Å². The Balaban J connectivity index is 1.60. The summed E-state index contributed by atoms with van der Waals surface area (Å²) in [5.74, 6) is -0.0468. The third-order valence-corrected chi connectivity index (χ3v) is 4.96. The van der Waals surface area contributed by atoms with Gasteiger partial charge in [-0.2, -0.15) is 0 Å². The predicted molar refractivity (Wildman–Crippen MR) is 109 cm³/mol. The Morgan fingerprint density at radius 2 is 1.69 bits per heavy atom. The van der Waals surface area contributed by atoms with Crippen LogP contribution in [0.2, 0.25) is 0 Å². The first-order chi connectivity index (χ1) is 13.9. The van der Waals surface area contributed by atoms with E-state index in [2.05, 4.69) is 10.3 Å². The predicted octanol–water partition coefficient (Wildman–Crippen LogP) is 3.74. The van der Waals surface area contributed by atoms with Gasteiger partial charge in [0.05, 0.1) is 5.69 Å². The molecule has 0 spiro atoms. The molecular weight excluding hydrogens is 368 g/mol. The zero-order valence-corrected chi connectivity index (χ0v) is 16.5. The Morgan fingerprint density at radius 1 is 1.07 bits per heavy atom. The summed E-state index contributed by atoms with van der Waals surface area (Å²) < 4.78 is 5.82. The minimum atomic E-state index is -1.20. The van der Waals surface area contributed by atoms with Crippen molar-refractivity contribution in [2.45, 2.75) is 32.1 Å². The molecule has 3 rings (SSSR count). The fourth-order valence-corrected chi connectivity index (χ4v) is 3.11. The first-order valence-electron chi connectivity index (χ1n) is 9.47. The van der Waals surface area contributed by atoms with E-state index >= 15 is 0 Å². The number of hydrogen-bond donors (Lipinski definition) is 2. The van der Waals surface area contributed by atoms with E-state index < -0.39 is 11.4 Å².